The van der Waals surface area contributed by atoms with Crippen molar-refractivity contribution in [2.75, 3.05) is 13.2 Å². The van der Waals surface area contributed by atoms with Gasteiger partial charge in [0.1, 0.15) is 0 Å². The maximum Gasteiger partial charge on any atom is 0.213 e. The van der Waals surface area contributed by atoms with Gasteiger partial charge in [0.2, 0.25) is 10.0 Å². The quantitative estimate of drug-likeness (QED) is 0.826. The average molecular weight is 243 g/mol. The van der Waals surface area contributed by atoms with Gasteiger partial charge in [0.25, 0.3) is 0 Å². The molecule has 2 rings (SSSR count). The van der Waals surface area contributed by atoms with E-state index in [0.29, 0.717) is 30.3 Å². The van der Waals surface area contributed by atoms with Crippen LogP contribution in [0.3, 0.4) is 0 Å². The van der Waals surface area contributed by atoms with E-state index in [1.54, 1.807) is 18.2 Å². The van der Waals surface area contributed by atoms with Gasteiger partial charge in [-0.1, -0.05) is 6.07 Å². The molecule has 1 aliphatic rings. The van der Waals surface area contributed by atoms with E-state index < -0.39 is 10.0 Å². The van der Waals surface area contributed by atoms with Gasteiger partial charge in [-0.15, -0.1) is 0 Å². The molecule has 88 valence electrons. The van der Waals surface area contributed by atoms with Crippen LogP contribution < -0.4 is 14.6 Å². The van der Waals surface area contributed by atoms with Crippen LogP contribution in [0.15, 0.2) is 18.2 Å². The van der Waals surface area contributed by atoms with Gasteiger partial charge in [-0.3, -0.25) is 0 Å². The lowest BCUT2D eigenvalue weighted by Crippen LogP contribution is -2.14. The first kappa shape index (κ1) is 11.2. The number of fused-ring (bicyclic) bond motifs is 1. The minimum absolute atomic E-state index is 0.191. The van der Waals surface area contributed by atoms with Crippen molar-refractivity contribution in [3.8, 4) is 11.5 Å². The van der Waals surface area contributed by atoms with Gasteiger partial charge in [-0.25, -0.2) is 13.6 Å². The molecule has 1 heterocycles. The van der Waals surface area contributed by atoms with E-state index in [4.69, 9.17) is 14.6 Å². The molecule has 6 heteroatoms. The topological polar surface area (TPSA) is 78.6 Å². The average Bonchev–Trinajstić information content (AvgIpc) is 2.39. The smallest absolute Gasteiger partial charge is 0.213 e. The fourth-order valence-electron chi connectivity index (χ4n) is 1.53. The first-order valence-electron chi connectivity index (χ1n) is 4.93. The van der Waals surface area contributed by atoms with Gasteiger partial charge in [0, 0.05) is 6.42 Å². The number of rotatable bonds is 2. The zero-order valence-electron chi connectivity index (χ0n) is 8.68. The van der Waals surface area contributed by atoms with E-state index in [9.17, 15) is 8.42 Å². The van der Waals surface area contributed by atoms with Crippen LogP contribution in [0.2, 0.25) is 0 Å². The van der Waals surface area contributed by atoms with Gasteiger partial charge in [-0.05, 0) is 17.7 Å². The predicted molar refractivity (Wildman–Crippen MR) is 58.9 cm³/mol. The minimum Gasteiger partial charge on any atom is -0.490 e. The maximum atomic E-state index is 10.9. The summed E-state index contributed by atoms with van der Waals surface area (Å²) in [7, 11) is -3.51. The van der Waals surface area contributed by atoms with E-state index in [0.717, 1.165) is 6.42 Å². The SMILES string of the molecule is NS(=O)(=O)Cc1ccc2c(c1)OCCCO2. The third-order valence-electron chi connectivity index (χ3n) is 2.18. The minimum atomic E-state index is -3.51. The van der Waals surface area contributed by atoms with Gasteiger partial charge in [-0.2, -0.15) is 0 Å². The van der Waals surface area contributed by atoms with Crippen molar-refractivity contribution in [1.82, 2.24) is 0 Å². The molecular weight excluding hydrogens is 230 g/mol. The van der Waals surface area contributed by atoms with Crippen molar-refractivity contribution in [2.24, 2.45) is 5.14 Å². The number of ether oxygens (including phenoxy) is 2. The highest BCUT2D eigenvalue weighted by Crippen LogP contribution is 2.30. The van der Waals surface area contributed by atoms with Crippen molar-refractivity contribution < 1.29 is 17.9 Å². The Labute approximate surface area is 94.2 Å². The number of primary sulfonamides is 1. The zero-order chi connectivity index (χ0) is 11.6. The van der Waals surface area contributed by atoms with E-state index in [-0.39, 0.29) is 5.75 Å². The number of hydrogen-bond donors (Lipinski definition) is 1. The van der Waals surface area contributed by atoms with Gasteiger partial charge in [0.15, 0.2) is 11.5 Å². The monoisotopic (exact) mass is 243 g/mol. The summed E-state index contributed by atoms with van der Waals surface area (Å²) in [5, 5.41) is 4.97. The Hall–Kier alpha value is -1.27. The van der Waals surface area contributed by atoms with E-state index >= 15 is 0 Å². The summed E-state index contributed by atoms with van der Waals surface area (Å²) < 4.78 is 32.8. The van der Waals surface area contributed by atoms with E-state index in [2.05, 4.69) is 0 Å². The highest BCUT2D eigenvalue weighted by Gasteiger charge is 2.12. The fourth-order valence-corrected chi connectivity index (χ4v) is 2.17. The Kier molecular flexibility index (Phi) is 3.02. The van der Waals surface area contributed by atoms with Crippen molar-refractivity contribution >= 4 is 10.0 Å². The van der Waals surface area contributed by atoms with Crippen LogP contribution in [0, 0.1) is 0 Å². The number of hydrogen-bond acceptors (Lipinski definition) is 4. The third kappa shape index (κ3) is 2.86. The molecule has 1 aromatic carbocycles. The van der Waals surface area contributed by atoms with Crippen molar-refractivity contribution in [1.29, 1.82) is 0 Å². The van der Waals surface area contributed by atoms with Crippen LogP contribution in [0.5, 0.6) is 11.5 Å². The lowest BCUT2D eigenvalue weighted by Gasteiger charge is -2.08. The largest absolute Gasteiger partial charge is 0.490 e. The van der Waals surface area contributed by atoms with Crippen molar-refractivity contribution in [3.63, 3.8) is 0 Å². The molecule has 5 nitrogen and oxygen atoms in total. The lowest BCUT2D eigenvalue weighted by atomic mass is 10.2. The number of benzene rings is 1. The van der Waals surface area contributed by atoms with Crippen molar-refractivity contribution in [3.05, 3.63) is 23.8 Å². The number of sulfonamides is 1. The molecular formula is C10H13NO4S. The summed E-state index contributed by atoms with van der Waals surface area (Å²) in [6.07, 6.45) is 0.819. The molecule has 0 aromatic heterocycles. The molecule has 0 spiro atoms. The molecule has 0 unspecified atom stereocenters. The molecule has 1 aliphatic heterocycles. The molecule has 0 amide bonds. The third-order valence-corrected chi connectivity index (χ3v) is 2.92. The first-order chi connectivity index (χ1) is 7.54. The van der Waals surface area contributed by atoms with Gasteiger partial charge < -0.3 is 9.47 Å². The second-order valence-electron chi connectivity index (χ2n) is 3.64. The van der Waals surface area contributed by atoms with E-state index in [1.165, 1.54) is 0 Å². The highest BCUT2D eigenvalue weighted by atomic mass is 32.2. The Bertz CT molecular complexity index is 484. The molecule has 0 radical (unpaired) electrons. The standard InChI is InChI=1S/C10H13NO4S/c11-16(12,13)7-8-2-3-9-10(6-8)15-5-1-4-14-9/h2-3,6H,1,4-5,7H2,(H2,11,12,13). The second kappa shape index (κ2) is 4.31. The predicted octanol–water partition coefficient (Wildman–Crippen LogP) is 0.636. The van der Waals surface area contributed by atoms with Crippen LogP contribution in [0.4, 0.5) is 0 Å². The van der Waals surface area contributed by atoms with Gasteiger partial charge >= 0.3 is 0 Å². The molecule has 0 saturated heterocycles. The Balaban J connectivity index is 2.27. The molecule has 1 aromatic rings. The number of nitrogens with two attached hydrogens (primary N) is 1. The van der Waals surface area contributed by atoms with Crippen LogP contribution >= 0.6 is 0 Å². The summed E-state index contributed by atoms with van der Waals surface area (Å²) in [6, 6.07) is 5.05. The Morgan fingerprint density at radius 1 is 1.19 bits per heavy atom. The first-order valence-corrected chi connectivity index (χ1v) is 6.65. The van der Waals surface area contributed by atoms with Crippen LogP contribution in [-0.4, -0.2) is 21.6 Å². The summed E-state index contributed by atoms with van der Waals surface area (Å²) in [5.74, 6) is 1.04. The summed E-state index contributed by atoms with van der Waals surface area (Å²) in [5.41, 5.74) is 0.603. The lowest BCUT2D eigenvalue weighted by molar-refractivity contribution is 0.297. The molecule has 0 atom stereocenters. The van der Waals surface area contributed by atoms with Crippen LogP contribution in [-0.2, 0) is 15.8 Å². The summed E-state index contributed by atoms with van der Waals surface area (Å²) in [4.78, 5) is 0. The molecule has 0 fully saturated rings. The molecule has 0 bridgehead atoms. The van der Waals surface area contributed by atoms with Crippen LogP contribution in [0.1, 0.15) is 12.0 Å². The van der Waals surface area contributed by atoms with Gasteiger partial charge in [0.05, 0.1) is 19.0 Å². The maximum absolute atomic E-state index is 10.9. The molecule has 0 aliphatic carbocycles. The van der Waals surface area contributed by atoms with Crippen molar-refractivity contribution in [2.45, 2.75) is 12.2 Å². The van der Waals surface area contributed by atoms with Crippen LogP contribution in [0.25, 0.3) is 0 Å². The Morgan fingerprint density at radius 2 is 1.88 bits per heavy atom. The molecule has 0 saturated carbocycles. The summed E-state index contributed by atoms with van der Waals surface area (Å²) in [6.45, 7) is 1.19. The normalized spacial score (nSPS) is 15.6. The molecule has 2 N–H and O–H groups in total. The molecule has 16 heavy (non-hydrogen) atoms. The zero-order valence-corrected chi connectivity index (χ0v) is 9.50. The fraction of sp³-hybridized carbons (Fsp3) is 0.400. The Morgan fingerprint density at radius 3 is 2.56 bits per heavy atom. The second-order valence-corrected chi connectivity index (χ2v) is 5.25. The van der Waals surface area contributed by atoms with E-state index in [1.807, 2.05) is 0 Å². The highest BCUT2D eigenvalue weighted by molar-refractivity contribution is 7.88. The summed E-state index contributed by atoms with van der Waals surface area (Å²) >= 11 is 0.